The first-order chi connectivity index (χ1) is 14.3. The second kappa shape index (κ2) is 11.7. The van der Waals surface area contributed by atoms with Crippen molar-refractivity contribution in [2.45, 2.75) is 58.8 Å². The van der Waals surface area contributed by atoms with E-state index < -0.39 is 5.41 Å². The van der Waals surface area contributed by atoms with Crippen molar-refractivity contribution >= 4 is 43.5 Å². The van der Waals surface area contributed by atoms with Crippen molar-refractivity contribution in [2.75, 3.05) is 18.5 Å². The van der Waals surface area contributed by atoms with Gasteiger partial charge in [0.15, 0.2) is 0 Å². The molecule has 0 saturated carbocycles. The molecule has 30 heavy (non-hydrogen) atoms. The molecule has 1 heterocycles. The van der Waals surface area contributed by atoms with Gasteiger partial charge in [0.25, 0.3) is 0 Å². The normalized spacial score (nSPS) is 11.3. The van der Waals surface area contributed by atoms with E-state index in [0.717, 1.165) is 40.2 Å². The van der Waals surface area contributed by atoms with Crippen LogP contribution >= 0.6 is 31.9 Å². The summed E-state index contributed by atoms with van der Waals surface area (Å²) < 4.78 is 13.4. The molecule has 0 saturated heterocycles. The highest BCUT2D eigenvalue weighted by Gasteiger charge is 2.32. The standard InChI is InChI=1S/C23H30Br2N2O3/c1-5-7-13-29-20-12-11-19(21(27-20)30-14-8-6-2)26-22(28)23(3,4)17-15-16(24)9-10-18(17)25/h9-12,15H,5-8,13-14H2,1-4H3,(H,26,28). The summed E-state index contributed by atoms with van der Waals surface area (Å²) in [6, 6.07) is 9.37. The van der Waals surface area contributed by atoms with Gasteiger partial charge in [0, 0.05) is 15.0 Å². The fourth-order valence-electron chi connectivity index (χ4n) is 2.72. The Morgan fingerprint density at radius 3 is 2.37 bits per heavy atom. The van der Waals surface area contributed by atoms with E-state index in [-0.39, 0.29) is 5.91 Å². The number of amides is 1. The number of nitrogens with zero attached hydrogens (tertiary/aromatic N) is 1. The molecule has 0 unspecified atom stereocenters. The van der Waals surface area contributed by atoms with E-state index in [2.05, 4.69) is 56.0 Å². The molecule has 2 rings (SSSR count). The minimum absolute atomic E-state index is 0.150. The molecule has 1 N–H and O–H groups in total. The number of pyridine rings is 1. The highest BCUT2D eigenvalue weighted by molar-refractivity contribution is 9.11. The van der Waals surface area contributed by atoms with Gasteiger partial charge >= 0.3 is 0 Å². The van der Waals surface area contributed by atoms with Gasteiger partial charge in [-0.3, -0.25) is 4.79 Å². The minimum atomic E-state index is -0.778. The lowest BCUT2D eigenvalue weighted by molar-refractivity contribution is -0.120. The third-order valence-electron chi connectivity index (χ3n) is 4.74. The third-order valence-corrected chi connectivity index (χ3v) is 5.92. The first-order valence-corrected chi connectivity index (χ1v) is 11.9. The molecule has 7 heteroatoms. The molecule has 1 aromatic carbocycles. The van der Waals surface area contributed by atoms with Crippen LogP contribution in [0.15, 0.2) is 39.3 Å². The lowest BCUT2D eigenvalue weighted by Crippen LogP contribution is -2.35. The van der Waals surface area contributed by atoms with Crippen molar-refractivity contribution in [3.05, 3.63) is 44.8 Å². The van der Waals surface area contributed by atoms with Crippen LogP contribution in [0.5, 0.6) is 11.8 Å². The van der Waals surface area contributed by atoms with Gasteiger partial charge in [0.2, 0.25) is 17.7 Å². The Labute approximate surface area is 196 Å². The zero-order valence-corrected chi connectivity index (χ0v) is 21.2. The minimum Gasteiger partial charge on any atom is -0.478 e. The molecular weight excluding hydrogens is 512 g/mol. The zero-order chi connectivity index (χ0) is 22.1. The molecule has 0 aliphatic rings. The second-order valence-corrected chi connectivity index (χ2v) is 9.38. The summed E-state index contributed by atoms with van der Waals surface area (Å²) in [7, 11) is 0. The molecule has 1 amide bonds. The monoisotopic (exact) mass is 540 g/mol. The van der Waals surface area contributed by atoms with Gasteiger partial charge < -0.3 is 14.8 Å². The van der Waals surface area contributed by atoms with Gasteiger partial charge in [0.05, 0.1) is 18.6 Å². The molecule has 0 atom stereocenters. The molecule has 0 radical (unpaired) electrons. The average molecular weight is 542 g/mol. The molecule has 164 valence electrons. The summed E-state index contributed by atoms with van der Waals surface area (Å²) in [5.41, 5.74) is 0.646. The van der Waals surface area contributed by atoms with Crippen molar-refractivity contribution in [1.29, 1.82) is 0 Å². The maximum Gasteiger partial charge on any atom is 0.241 e. The van der Waals surface area contributed by atoms with Crippen molar-refractivity contribution < 1.29 is 14.3 Å². The number of rotatable bonds is 11. The van der Waals surface area contributed by atoms with Gasteiger partial charge in [-0.15, -0.1) is 0 Å². The number of unbranched alkanes of at least 4 members (excludes halogenated alkanes) is 2. The van der Waals surface area contributed by atoms with Crippen LogP contribution in [0.4, 0.5) is 5.69 Å². The molecule has 1 aromatic heterocycles. The predicted octanol–water partition coefficient (Wildman–Crippen LogP) is 6.88. The van der Waals surface area contributed by atoms with Crippen LogP contribution in [-0.2, 0) is 10.2 Å². The summed E-state index contributed by atoms with van der Waals surface area (Å²) in [6.45, 7) is 9.13. The number of nitrogens with one attached hydrogen (secondary N) is 1. The van der Waals surface area contributed by atoms with Crippen LogP contribution in [0, 0.1) is 0 Å². The SMILES string of the molecule is CCCCOc1ccc(NC(=O)C(C)(C)c2cc(Br)ccc2Br)c(OCCCC)n1. The number of carbonyl (C=O) groups is 1. The number of ether oxygens (including phenoxy) is 2. The Morgan fingerprint density at radius 1 is 1.03 bits per heavy atom. The number of hydrogen-bond donors (Lipinski definition) is 1. The summed E-state index contributed by atoms with van der Waals surface area (Å²) >= 11 is 7.05. The van der Waals surface area contributed by atoms with Crippen molar-refractivity contribution in [1.82, 2.24) is 4.98 Å². The predicted molar refractivity (Wildman–Crippen MR) is 129 cm³/mol. The van der Waals surface area contributed by atoms with Crippen LogP contribution in [0.2, 0.25) is 0 Å². The van der Waals surface area contributed by atoms with E-state index in [4.69, 9.17) is 9.47 Å². The molecule has 0 bridgehead atoms. The third kappa shape index (κ3) is 6.71. The fourth-order valence-corrected chi connectivity index (χ4v) is 3.82. The van der Waals surface area contributed by atoms with E-state index in [1.54, 1.807) is 12.1 Å². The topological polar surface area (TPSA) is 60.5 Å². The lowest BCUT2D eigenvalue weighted by Gasteiger charge is -2.26. The summed E-state index contributed by atoms with van der Waals surface area (Å²) in [5, 5.41) is 3.00. The van der Waals surface area contributed by atoms with Gasteiger partial charge in [-0.05, 0) is 56.5 Å². The van der Waals surface area contributed by atoms with Crippen LogP contribution in [0.1, 0.15) is 58.9 Å². The number of anilines is 1. The smallest absolute Gasteiger partial charge is 0.241 e. The van der Waals surface area contributed by atoms with E-state index in [9.17, 15) is 4.79 Å². The zero-order valence-electron chi connectivity index (χ0n) is 18.1. The number of carbonyl (C=O) groups excluding carboxylic acids is 1. The largest absolute Gasteiger partial charge is 0.478 e. The maximum atomic E-state index is 13.2. The van der Waals surface area contributed by atoms with Crippen LogP contribution in [0.25, 0.3) is 0 Å². The maximum absolute atomic E-state index is 13.2. The van der Waals surface area contributed by atoms with Crippen molar-refractivity contribution in [2.24, 2.45) is 0 Å². The lowest BCUT2D eigenvalue weighted by atomic mass is 9.83. The molecule has 0 aliphatic heterocycles. The summed E-state index contributed by atoms with van der Waals surface area (Å²) in [4.78, 5) is 17.7. The van der Waals surface area contributed by atoms with E-state index in [1.165, 1.54) is 0 Å². The molecule has 0 fully saturated rings. The Kier molecular flexibility index (Phi) is 9.62. The van der Waals surface area contributed by atoms with E-state index in [1.807, 2.05) is 32.0 Å². The fraction of sp³-hybridized carbons (Fsp3) is 0.478. The molecule has 2 aromatic rings. The van der Waals surface area contributed by atoms with Gasteiger partial charge in [0.1, 0.15) is 5.69 Å². The number of aromatic nitrogens is 1. The van der Waals surface area contributed by atoms with Crippen LogP contribution < -0.4 is 14.8 Å². The first kappa shape index (κ1) is 24.7. The number of hydrogen-bond acceptors (Lipinski definition) is 4. The Morgan fingerprint density at radius 2 is 1.70 bits per heavy atom. The summed E-state index contributed by atoms with van der Waals surface area (Å²) in [6.07, 6.45) is 3.93. The van der Waals surface area contributed by atoms with Gasteiger partial charge in [-0.25, -0.2) is 0 Å². The number of halogens is 2. The van der Waals surface area contributed by atoms with Crippen LogP contribution in [0.3, 0.4) is 0 Å². The number of benzene rings is 1. The Hall–Kier alpha value is -1.60. The molecular formula is C23H30Br2N2O3. The van der Waals surface area contributed by atoms with Gasteiger partial charge in [-0.2, -0.15) is 4.98 Å². The quantitative estimate of drug-likeness (QED) is 0.315. The van der Waals surface area contributed by atoms with Crippen LogP contribution in [-0.4, -0.2) is 24.1 Å². The summed E-state index contributed by atoms with van der Waals surface area (Å²) in [5.74, 6) is 0.736. The second-order valence-electron chi connectivity index (χ2n) is 7.61. The highest BCUT2D eigenvalue weighted by Crippen LogP contribution is 2.35. The molecule has 0 spiro atoms. The average Bonchev–Trinajstić information content (AvgIpc) is 2.71. The van der Waals surface area contributed by atoms with Gasteiger partial charge in [-0.1, -0.05) is 58.5 Å². The molecule has 0 aliphatic carbocycles. The van der Waals surface area contributed by atoms with E-state index >= 15 is 0 Å². The Balaban J connectivity index is 2.25. The molecule has 5 nitrogen and oxygen atoms in total. The van der Waals surface area contributed by atoms with E-state index in [0.29, 0.717) is 30.7 Å². The van der Waals surface area contributed by atoms with Crippen molar-refractivity contribution in [3.8, 4) is 11.8 Å². The Bertz CT molecular complexity index is 856. The first-order valence-electron chi connectivity index (χ1n) is 10.3. The highest BCUT2D eigenvalue weighted by atomic mass is 79.9. The van der Waals surface area contributed by atoms with Crippen molar-refractivity contribution in [3.63, 3.8) is 0 Å².